The largest absolute Gasteiger partial charge is 0.385 e. The highest BCUT2D eigenvalue weighted by atomic mass is 19.1. The fourth-order valence-corrected chi connectivity index (χ4v) is 2.62. The third-order valence-corrected chi connectivity index (χ3v) is 4.01. The molecule has 0 aromatic heterocycles. The topological polar surface area (TPSA) is 29.5 Å². The molecule has 2 nitrogen and oxygen atoms in total. The Morgan fingerprint density at radius 3 is 2.89 bits per heavy atom. The lowest BCUT2D eigenvalue weighted by molar-refractivity contribution is 0.0369. The van der Waals surface area contributed by atoms with E-state index in [1.807, 2.05) is 6.07 Å². The van der Waals surface area contributed by atoms with Crippen molar-refractivity contribution in [1.29, 1.82) is 0 Å². The molecule has 106 valence electrons. The van der Waals surface area contributed by atoms with E-state index in [1.165, 1.54) is 6.07 Å². The summed E-state index contributed by atoms with van der Waals surface area (Å²) in [7, 11) is 0. The van der Waals surface area contributed by atoms with Crippen LogP contribution in [0.25, 0.3) is 0 Å². The summed E-state index contributed by atoms with van der Waals surface area (Å²) in [5.74, 6) is -0.253. The Bertz CT molecular complexity index is 423. The average molecular weight is 266 g/mol. The molecule has 1 saturated heterocycles. The van der Waals surface area contributed by atoms with Crippen LogP contribution in [-0.4, -0.2) is 17.8 Å². The highest BCUT2D eigenvalue weighted by molar-refractivity contribution is 5.27. The van der Waals surface area contributed by atoms with E-state index in [2.05, 4.69) is 0 Å². The van der Waals surface area contributed by atoms with Crippen molar-refractivity contribution in [3.63, 3.8) is 0 Å². The maximum Gasteiger partial charge on any atom is 0.126 e. The molecule has 1 aromatic rings. The van der Waals surface area contributed by atoms with Gasteiger partial charge in [0, 0.05) is 6.61 Å². The zero-order chi connectivity index (χ0) is 13.9. The van der Waals surface area contributed by atoms with Crippen molar-refractivity contribution < 1.29 is 14.2 Å². The van der Waals surface area contributed by atoms with Crippen molar-refractivity contribution in [1.82, 2.24) is 0 Å². The molecule has 0 bridgehead atoms. The third kappa shape index (κ3) is 3.77. The Balaban J connectivity index is 1.90. The van der Waals surface area contributed by atoms with Gasteiger partial charge in [0.1, 0.15) is 5.82 Å². The Kier molecular flexibility index (Phi) is 4.58. The first-order valence-corrected chi connectivity index (χ1v) is 7.10. The van der Waals surface area contributed by atoms with Gasteiger partial charge in [0.15, 0.2) is 0 Å². The van der Waals surface area contributed by atoms with Gasteiger partial charge in [-0.1, -0.05) is 12.1 Å². The van der Waals surface area contributed by atoms with Gasteiger partial charge >= 0.3 is 0 Å². The summed E-state index contributed by atoms with van der Waals surface area (Å²) in [6, 6.07) is 4.98. The fourth-order valence-electron chi connectivity index (χ4n) is 2.62. The molecule has 2 unspecified atom stereocenters. The van der Waals surface area contributed by atoms with Gasteiger partial charge in [-0.3, -0.25) is 0 Å². The summed E-state index contributed by atoms with van der Waals surface area (Å²) in [4.78, 5) is 0. The zero-order valence-electron chi connectivity index (χ0n) is 11.8. The summed E-state index contributed by atoms with van der Waals surface area (Å²) in [6.07, 6.45) is 5.13. The van der Waals surface area contributed by atoms with Gasteiger partial charge in [0.05, 0.1) is 11.7 Å². The van der Waals surface area contributed by atoms with Crippen molar-refractivity contribution in [2.24, 2.45) is 0 Å². The minimum absolute atomic E-state index is 0.253. The third-order valence-electron chi connectivity index (χ3n) is 4.01. The molecule has 19 heavy (non-hydrogen) atoms. The van der Waals surface area contributed by atoms with Gasteiger partial charge in [0.25, 0.3) is 0 Å². The molecular weight excluding hydrogens is 243 g/mol. The summed E-state index contributed by atoms with van der Waals surface area (Å²) in [5.41, 5.74) is 0.300. The predicted octanol–water partition coefficient (Wildman–Crippen LogP) is 3.69. The van der Waals surface area contributed by atoms with Crippen LogP contribution in [0.4, 0.5) is 4.39 Å². The molecule has 0 aliphatic carbocycles. The van der Waals surface area contributed by atoms with E-state index in [4.69, 9.17) is 4.74 Å². The Hall–Kier alpha value is -0.930. The number of rotatable bonds is 5. The molecule has 0 spiro atoms. The summed E-state index contributed by atoms with van der Waals surface area (Å²) >= 11 is 0. The molecule has 1 N–H and O–H groups in total. The van der Waals surface area contributed by atoms with Crippen LogP contribution >= 0.6 is 0 Å². The lowest BCUT2D eigenvalue weighted by Crippen LogP contribution is -2.22. The predicted molar refractivity (Wildman–Crippen MR) is 73.5 cm³/mol. The Morgan fingerprint density at radius 1 is 1.47 bits per heavy atom. The van der Waals surface area contributed by atoms with E-state index in [0.29, 0.717) is 23.7 Å². The van der Waals surface area contributed by atoms with E-state index in [0.717, 1.165) is 32.3 Å². The molecule has 3 heteroatoms. The van der Waals surface area contributed by atoms with Crippen molar-refractivity contribution in [3.8, 4) is 0 Å². The van der Waals surface area contributed by atoms with E-state index in [9.17, 15) is 9.50 Å². The molecule has 1 heterocycles. The standard InChI is InChI=1S/C16H23FO2/c1-12-7-8-13(11-15(12)17)16(2,18)9-3-5-14-6-4-10-19-14/h7-8,11,14,18H,3-6,9-10H2,1-2H3. The number of halogens is 1. The quantitative estimate of drug-likeness (QED) is 0.880. The van der Waals surface area contributed by atoms with E-state index in [-0.39, 0.29) is 5.82 Å². The lowest BCUT2D eigenvalue weighted by atomic mass is 9.89. The first kappa shape index (κ1) is 14.5. The molecule has 0 saturated carbocycles. The van der Waals surface area contributed by atoms with E-state index in [1.54, 1.807) is 19.9 Å². The van der Waals surface area contributed by atoms with Gasteiger partial charge in [-0.15, -0.1) is 0 Å². The SMILES string of the molecule is Cc1ccc(C(C)(O)CCCC2CCCO2)cc1F. The number of ether oxygens (including phenoxy) is 1. The van der Waals surface area contributed by atoms with Crippen LogP contribution in [0.2, 0.25) is 0 Å². The number of hydrogen-bond donors (Lipinski definition) is 1. The maximum absolute atomic E-state index is 13.5. The zero-order valence-corrected chi connectivity index (χ0v) is 11.8. The molecule has 2 atom stereocenters. The van der Waals surface area contributed by atoms with Gasteiger partial charge in [-0.25, -0.2) is 4.39 Å². The molecule has 0 amide bonds. The normalized spacial score (nSPS) is 22.4. The molecule has 1 aliphatic heterocycles. The van der Waals surface area contributed by atoms with Crippen LogP contribution in [0, 0.1) is 12.7 Å². The maximum atomic E-state index is 13.5. The summed E-state index contributed by atoms with van der Waals surface area (Å²) in [5, 5.41) is 10.5. The van der Waals surface area contributed by atoms with Crippen molar-refractivity contribution in [2.75, 3.05) is 6.61 Å². The minimum Gasteiger partial charge on any atom is -0.385 e. The van der Waals surface area contributed by atoms with E-state index >= 15 is 0 Å². The fraction of sp³-hybridized carbons (Fsp3) is 0.625. The molecule has 1 aromatic carbocycles. The minimum atomic E-state index is -0.965. The van der Waals surface area contributed by atoms with Crippen LogP contribution in [0.1, 0.15) is 50.2 Å². The molecular formula is C16H23FO2. The van der Waals surface area contributed by atoms with Crippen LogP contribution in [0.5, 0.6) is 0 Å². The average Bonchev–Trinajstić information content (AvgIpc) is 2.85. The summed E-state index contributed by atoms with van der Waals surface area (Å²) in [6.45, 7) is 4.35. The second-order valence-corrected chi connectivity index (χ2v) is 5.77. The Labute approximate surface area is 114 Å². The van der Waals surface area contributed by atoms with Crippen LogP contribution < -0.4 is 0 Å². The second-order valence-electron chi connectivity index (χ2n) is 5.77. The number of aryl methyl sites for hydroxylation is 1. The number of benzene rings is 1. The Morgan fingerprint density at radius 2 is 2.26 bits per heavy atom. The van der Waals surface area contributed by atoms with Gasteiger partial charge in [0.2, 0.25) is 0 Å². The molecule has 0 radical (unpaired) electrons. The highest BCUT2D eigenvalue weighted by Gasteiger charge is 2.24. The van der Waals surface area contributed by atoms with Crippen LogP contribution in [0.3, 0.4) is 0 Å². The second kappa shape index (κ2) is 6.02. The lowest BCUT2D eigenvalue weighted by Gasteiger charge is -2.24. The number of hydrogen-bond acceptors (Lipinski definition) is 2. The highest BCUT2D eigenvalue weighted by Crippen LogP contribution is 2.29. The monoisotopic (exact) mass is 266 g/mol. The van der Waals surface area contributed by atoms with Crippen molar-refractivity contribution in [3.05, 3.63) is 35.1 Å². The van der Waals surface area contributed by atoms with Crippen LogP contribution in [-0.2, 0) is 10.3 Å². The molecule has 1 aliphatic rings. The first-order valence-electron chi connectivity index (χ1n) is 7.10. The van der Waals surface area contributed by atoms with Crippen molar-refractivity contribution >= 4 is 0 Å². The summed E-state index contributed by atoms with van der Waals surface area (Å²) < 4.78 is 19.1. The van der Waals surface area contributed by atoms with Crippen LogP contribution in [0.15, 0.2) is 18.2 Å². The van der Waals surface area contributed by atoms with Gasteiger partial charge in [-0.2, -0.15) is 0 Å². The first-order chi connectivity index (χ1) is 8.99. The van der Waals surface area contributed by atoms with E-state index < -0.39 is 5.60 Å². The van der Waals surface area contributed by atoms with Gasteiger partial charge < -0.3 is 9.84 Å². The molecule has 1 fully saturated rings. The smallest absolute Gasteiger partial charge is 0.126 e. The van der Waals surface area contributed by atoms with Gasteiger partial charge in [-0.05, 0) is 63.1 Å². The van der Waals surface area contributed by atoms with Crippen molar-refractivity contribution in [2.45, 2.75) is 57.7 Å². The molecule has 2 rings (SSSR count). The number of aliphatic hydroxyl groups is 1.